The molecule has 0 fully saturated rings. The van der Waals surface area contributed by atoms with Gasteiger partial charge in [0.1, 0.15) is 6.61 Å². The van der Waals surface area contributed by atoms with Crippen molar-refractivity contribution in [1.82, 2.24) is 0 Å². The van der Waals surface area contributed by atoms with Gasteiger partial charge in [0.15, 0.2) is 9.84 Å². The molecule has 2 aromatic carbocycles. The van der Waals surface area contributed by atoms with Crippen LogP contribution in [0.4, 0.5) is 0 Å². The Hall–Kier alpha value is -2.14. The van der Waals surface area contributed by atoms with Crippen LogP contribution in [-0.2, 0) is 14.6 Å². The van der Waals surface area contributed by atoms with Crippen molar-refractivity contribution in [2.75, 3.05) is 12.4 Å². The summed E-state index contributed by atoms with van der Waals surface area (Å²) in [6.07, 6.45) is 0. The summed E-state index contributed by atoms with van der Waals surface area (Å²) < 4.78 is 28.9. The molecule has 0 unspecified atom stereocenters. The van der Waals surface area contributed by atoms with Crippen LogP contribution in [-0.4, -0.2) is 26.7 Å². The van der Waals surface area contributed by atoms with Crippen LogP contribution in [0.25, 0.3) is 0 Å². The molecule has 104 valence electrons. The molecular weight excluding hydrogens is 276 g/mol. The summed E-state index contributed by atoms with van der Waals surface area (Å²) in [5.74, 6) is -0.746. The third kappa shape index (κ3) is 3.68. The van der Waals surface area contributed by atoms with Gasteiger partial charge in [-0.3, -0.25) is 0 Å². The lowest BCUT2D eigenvalue weighted by molar-refractivity contribution is 0.0529. The van der Waals surface area contributed by atoms with Crippen molar-refractivity contribution in [2.24, 2.45) is 0 Å². The van der Waals surface area contributed by atoms with E-state index in [-0.39, 0.29) is 17.3 Å². The first-order chi connectivity index (χ1) is 9.59. The molecule has 0 aliphatic rings. The number of hydrogen-bond acceptors (Lipinski definition) is 4. The van der Waals surface area contributed by atoms with E-state index in [0.29, 0.717) is 5.56 Å². The van der Waals surface area contributed by atoms with Crippen LogP contribution >= 0.6 is 0 Å². The predicted octanol–water partition coefficient (Wildman–Crippen LogP) is 2.32. The van der Waals surface area contributed by atoms with Gasteiger partial charge in [-0.15, -0.1) is 0 Å². The fourth-order valence-corrected chi connectivity index (χ4v) is 2.76. The van der Waals surface area contributed by atoms with Gasteiger partial charge in [-0.05, 0) is 24.3 Å². The van der Waals surface area contributed by atoms with Crippen molar-refractivity contribution in [3.05, 3.63) is 66.2 Å². The molecular formula is C15H14O4S. The first-order valence-electron chi connectivity index (χ1n) is 6.09. The molecule has 0 amide bonds. The Kier molecular flexibility index (Phi) is 4.53. The summed E-state index contributed by atoms with van der Waals surface area (Å²) in [7, 11) is -3.42. The van der Waals surface area contributed by atoms with Gasteiger partial charge in [-0.1, -0.05) is 36.4 Å². The largest absolute Gasteiger partial charge is 0.461 e. The number of esters is 1. The minimum absolute atomic E-state index is 0.162. The Morgan fingerprint density at radius 1 is 0.900 bits per heavy atom. The number of rotatable bonds is 5. The molecule has 0 N–H and O–H groups in total. The summed E-state index contributed by atoms with van der Waals surface area (Å²) in [5.41, 5.74) is 0.407. The standard InChI is InChI=1S/C15H14O4S/c16-15(13-7-3-1-4-8-13)19-11-12-20(17,18)14-9-5-2-6-10-14/h1-10H,11-12H2. The molecule has 0 bridgehead atoms. The summed E-state index contributed by atoms with van der Waals surface area (Å²) in [6, 6.07) is 16.6. The van der Waals surface area contributed by atoms with E-state index in [4.69, 9.17) is 4.74 Å². The molecule has 0 aliphatic heterocycles. The van der Waals surface area contributed by atoms with Crippen molar-refractivity contribution >= 4 is 15.8 Å². The molecule has 0 saturated heterocycles. The number of carbonyl (C=O) groups is 1. The Labute approximate surface area is 117 Å². The summed E-state index contributed by atoms with van der Waals surface area (Å²) in [4.78, 5) is 11.9. The number of carbonyl (C=O) groups excluding carboxylic acids is 1. The van der Waals surface area contributed by atoms with Gasteiger partial charge >= 0.3 is 5.97 Å². The summed E-state index contributed by atoms with van der Waals surface area (Å²) >= 11 is 0. The molecule has 0 aliphatic carbocycles. The van der Waals surface area contributed by atoms with Gasteiger partial charge in [0.05, 0.1) is 16.2 Å². The zero-order valence-electron chi connectivity index (χ0n) is 10.7. The molecule has 0 saturated carbocycles. The van der Waals surface area contributed by atoms with Gasteiger partial charge in [0, 0.05) is 0 Å². The van der Waals surface area contributed by atoms with Gasteiger partial charge in [-0.25, -0.2) is 13.2 Å². The van der Waals surface area contributed by atoms with E-state index in [9.17, 15) is 13.2 Å². The van der Waals surface area contributed by atoms with Gasteiger partial charge in [-0.2, -0.15) is 0 Å². The van der Waals surface area contributed by atoms with Gasteiger partial charge in [0.2, 0.25) is 0 Å². The average Bonchev–Trinajstić information content (AvgIpc) is 2.49. The minimum atomic E-state index is -3.42. The molecule has 20 heavy (non-hydrogen) atoms. The Bertz CT molecular complexity index is 664. The van der Waals surface area contributed by atoms with Gasteiger partial charge in [0.25, 0.3) is 0 Å². The average molecular weight is 290 g/mol. The van der Waals surface area contributed by atoms with Crippen LogP contribution < -0.4 is 0 Å². The number of hydrogen-bond donors (Lipinski definition) is 0. The van der Waals surface area contributed by atoms with Crippen molar-refractivity contribution in [3.8, 4) is 0 Å². The first-order valence-corrected chi connectivity index (χ1v) is 7.75. The highest BCUT2D eigenvalue weighted by Gasteiger charge is 2.15. The van der Waals surface area contributed by atoms with Crippen molar-refractivity contribution in [1.29, 1.82) is 0 Å². The Morgan fingerprint density at radius 2 is 1.45 bits per heavy atom. The van der Waals surface area contributed by atoms with E-state index in [0.717, 1.165) is 0 Å². The quantitative estimate of drug-likeness (QED) is 0.793. The van der Waals surface area contributed by atoms with Crippen LogP contribution in [0.1, 0.15) is 10.4 Å². The van der Waals surface area contributed by atoms with Gasteiger partial charge < -0.3 is 4.74 Å². The van der Waals surface area contributed by atoms with Crippen LogP contribution in [0.15, 0.2) is 65.6 Å². The molecule has 0 spiro atoms. The van der Waals surface area contributed by atoms with E-state index in [1.165, 1.54) is 12.1 Å². The van der Waals surface area contributed by atoms with Crippen LogP contribution in [0.3, 0.4) is 0 Å². The molecule has 0 radical (unpaired) electrons. The molecule has 5 heteroatoms. The zero-order valence-corrected chi connectivity index (χ0v) is 11.5. The maximum absolute atomic E-state index is 12.0. The smallest absolute Gasteiger partial charge is 0.338 e. The third-order valence-electron chi connectivity index (χ3n) is 2.70. The second kappa shape index (κ2) is 6.34. The summed E-state index contributed by atoms with van der Waals surface area (Å²) in [6.45, 7) is -0.162. The molecule has 0 atom stereocenters. The monoisotopic (exact) mass is 290 g/mol. The second-order valence-corrected chi connectivity index (χ2v) is 6.24. The van der Waals surface area contributed by atoms with Crippen LogP contribution in [0, 0.1) is 0 Å². The van der Waals surface area contributed by atoms with Crippen molar-refractivity contribution in [3.63, 3.8) is 0 Å². The third-order valence-corrected chi connectivity index (χ3v) is 4.39. The first kappa shape index (κ1) is 14.3. The Balaban J connectivity index is 1.92. The number of sulfone groups is 1. The fraction of sp³-hybridized carbons (Fsp3) is 0.133. The molecule has 0 heterocycles. The number of ether oxygens (including phenoxy) is 1. The minimum Gasteiger partial charge on any atom is -0.461 e. The topological polar surface area (TPSA) is 60.4 Å². The van der Waals surface area contributed by atoms with E-state index in [2.05, 4.69) is 0 Å². The highest BCUT2D eigenvalue weighted by molar-refractivity contribution is 7.91. The predicted molar refractivity (Wildman–Crippen MR) is 75.2 cm³/mol. The molecule has 2 aromatic rings. The van der Waals surface area contributed by atoms with Crippen molar-refractivity contribution in [2.45, 2.75) is 4.90 Å². The van der Waals surface area contributed by atoms with E-state index >= 15 is 0 Å². The van der Waals surface area contributed by atoms with Crippen LogP contribution in [0.2, 0.25) is 0 Å². The zero-order chi connectivity index (χ0) is 14.4. The Morgan fingerprint density at radius 3 is 2.05 bits per heavy atom. The lowest BCUT2D eigenvalue weighted by atomic mass is 10.2. The van der Waals surface area contributed by atoms with Crippen molar-refractivity contribution < 1.29 is 17.9 Å². The van der Waals surface area contributed by atoms with E-state index in [1.54, 1.807) is 48.5 Å². The highest BCUT2D eigenvalue weighted by Crippen LogP contribution is 2.10. The lowest BCUT2D eigenvalue weighted by Gasteiger charge is -2.06. The van der Waals surface area contributed by atoms with E-state index in [1.807, 2.05) is 0 Å². The number of benzene rings is 2. The van der Waals surface area contributed by atoms with E-state index < -0.39 is 15.8 Å². The molecule has 4 nitrogen and oxygen atoms in total. The lowest BCUT2D eigenvalue weighted by Crippen LogP contribution is -2.15. The maximum Gasteiger partial charge on any atom is 0.338 e. The van der Waals surface area contributed by atoms with Crippen LogP contribution in [0.5, 0.6) is 0 Å². The molecule has 0 aromatic heterocycles. The maximum atomic E-state index is 12.0. The summed E-state index contributed by atoms with van der Waals surface area (Å²) in [5, 5.41) is 0. The SMILES string of the molecule is O=C(OCCS(=O)(=O)c1ccccc1)c1ccccc1. The fourth-order valence-electron chi connectivity index (χ4n) is 1.65. The highest BCUT2D eigenvalue weighted by atomic mass is 32.2. The normalized spacial score (nSPS) is 11.0. The molecule has 2 rings (SSSR count). The second-order valence-electron chi connectivity index (χ2n) is 4.13.